The molecule has 0 amide bonds. The third-order valence-electron chi connectivity index (χ3n) is 2.81. The zero-order valence-corrected chi connectivity index (χ0v) is 12.5. The van der Waals surface area contributed by atoms with Crippen LogP contribution in [0, 0.1) is 33.3 Å². The van der Waals surface area contributed by atoms with E-state index in [-0.39, 0.29) is 5.69 Å². The molecule has 108 valence electrons. The summed E-state index contributed by atoms with van der Waals surface area (Å²) in [7, 11) is 0. The number of nitrogens with zero attached hydrogens (tertiary/aromatic N) is 3. The number of hydrogen-bond donors (Lipinski definition) is 0. The van der Waals surface area contributed by atoms with Crippen molar-refractivity contribution in [1.29, 1.82) is 5.26 Å². The summed E-state index contributed by atoms with van der Waals surface area (Å²) in [5.41, 5.74) is 0.913. The largest absolute Gasteiger partial charge is 0.365 e. The molecule has 0 radical (unpaired) electrons. The van der Waals surface area contributed by atoms with E-state index in [1.165, 1.54) is 6.07 Å². The Balaban J connectivity index is 3.24. The minimum atomic E-state index is -0.413. The predicted molar refractivity (Wildman–Crippen MR) is 79.7 cm³/mol. The highest BCUT2D eigenvalue weighted by molar-refractivity contribution is 5.65. The molecule has 0 unspecified atom stereocenters. The van der Waals surface area contributed by atoms with E-state index >= 15 is 0 Å². The maximum atomic E-state index is 11.2. The molecule has 20 heavy (non-hydrogen) atoms. The van der Waals surface area contributed by atoms with Crippen molar-refractivity contribution in [3.63, 3.8) is 0 Å². The summed E-state index contributed by atoms with van der Waals surface area (Å²) in [5.74, 6) is 0.813. The van der Waals surface area contributed by atoms with Gasteiger partial charge in [0.25, 0.3) is 5.69 Å². The predicted octanol–water partition coefficient (Wildman–Crippen LogP) is 3.58. The monoisotopic (exact) mass is 275 g/mol. The Bertz CT molecular complexity index is 508. The van der Waals surface area contributed by atoms with Crippen molar-refractivity contribution in [2.75, 3.05) is 18.0 Å². The van der Waals surface area contributed by atoms with Gasteiger partial charge in [-0.2, -0.15) is 5.26 Å². The minimum absolute atomic E-state index is 0.00495. The van der Waals surface area contributed by atoms with Crippen molar-refractivity contribution in [3.05, 3.63) is 33.9 Å². The van der Waals surface area contributed by atoms with Gasteiger partial charge in [0.05, 0.1) is 16.6 Å². The second-order valence-corrected chi connectivity index (χ2v) is 5.77. The Hall–Kier alpha value is -2.09. The van der Waals surface area contributed by atoms with E-state index in [9.17, 15) is 10.1 Å². The van der Waals surface area contributed by atoms with Crippen LogP contribution in [0.15, 0.2) is 18.2 Å². The van der Waals surface area contributed by atoms with E-state index in [0.717, 1.165) is 13.1 Å². The SMILES string of the molecule is CC(C)CN(CC(C)C)c1ccc(C#N)cc1[N+](=O)[O-]. The van der Waals surface area contributed by atoms with Crippen LogP contribution in [0.1, 0.15) is 33.3 Å². The van der Waals surface area contributed by atoms with Crippen LogP contribution < -0.4 is 4.90 Å². The molecule has 1 aromatic carbocycles. The van der Waals surface area contributed by atoms with Gasteiger partial charge in [0.1, 0.15) is 5.69 Å². The van der Waals surface area contributed by atoms with Crippen molar-refractivity contribution in [2.45, 2.75) is 27.7 Å². The van der Waals surface area contributed by atoms with Crippen molar-refractivity contribution >= 4 is 11.4 Å². The molecule has 5 nitrogen and oxygen atoms in total. The quantitative estimate of drug-likeness (QED) is 0.587. The molecule has 0 aliphatic carbocycles. The van der Waals surface area contributed by atoms with Gasteiger partial charge in [-0.1, -0.05) is 27.7 Å². The third kappa shape index (κ3) is 4.23. The number of hydrogen-bond acceptors (Lipinski definition) is 4. The summed E-state index contributed by atoms with van der Waals surface area (Å²) < 4.78 is 0. The molecule has 0 saturated heterocycles. The van der Waals surface area contributed by atoms with Gasteiger partial charge in [-0.3, -0.25) is 10.1 Å². The first-order chi connectivity index (χ1) is 9.35. The van der Waals surface area contributed by atoms with Crippen LogP contribution in [0.5, 0.6) is 0 Å². The second-order valence-electron chi connectivity index (χ2n) is 5.77. The van der Waals surface area contributed by atoms with Crippen LogP contribution in [0.4, 0.5) is 11.4 Å². The summed E-state index contributed by atoms with van der Waals surface area (Å²) in [6, 6.07) is 6.61. The van der Waals surface area contributed by atoms with Crippen molar-refractivity contribution in [2.24, 2.45) is 11.8 Å². The van der Waals surface area contributed by atoms with Crippen LogP contribution in [-0.2, 0) is 0 Å². The van der Waals surface area contributed by atoms with Gasteiger partial charge in [-0.05, 0) is 24.0 Å². The first-order valence-electron chi connectivity index (χ1n) is 6.78. The summed E-state index contributed by atoms with van der Waals surface area (Å²) in [5, 5.41) is 20.1. The Morgan fingerprint density at radius 1 is 1.25 bits per heavy atom. The highest BCUT2D eigenvalue weighted by Crippen LogP contribution is 2.30. The lowest BCUT2D eigenvalue weighted by Crippen LogP contribution is -2.31. The molecule has 0 aliphatic heterocycles. The van der Waals surface area contributed by atoms with Gasteiger partial charge < -0.3 is 4.90 Å². The van der Waals surface area contributed by atoms with Gasteiger partial charge in [0, 0.05) is 19.2 Å². The van der Waals surface area contributed by atoms with E-state index in [0.29, 0.717) is 23.1 Å². The topological polar surface area (TPSA) is 70.2 Å². The normalized spacial score (nSPS) is 10.7. The Kier molecular flexibility index (Phi) is 5.51. The fourth-order valence-electron chi connectivity index (χ4n) is 2.16. The first kappa shape index (κ1) is 16.0. The average Bonchev–Trinajstić information content (AvgIpc) is 2.36. The van der Waals surface area contributed by atoms with Gasteiger partial charge in [-0.15, -0.1) is 0 Å². The summed E-state index contributed by atoms with van der Waals surface area (Å²) >= 11 is 0. The lowest BCUT2D eigenvalue weighted by atomic mass is 10.1. The van der Waals surface area contributed by atoms with E-state index in [1.807, 2.05) is 11.0 Å². The minimum Gasteiger partial charge on any atom is -0.365 e. The standard InChI is InChI=1S/C15H21N3O2/c1-11(2)9-17(10-12(3)4)14-6-5-13(8-16)7-15(14)18(19)20/h5-7,11-12H,9-10H2,1-4H3. The van der Waals surface area contributed by atoms with Crippen molar-refractivity contribution < 1.29 is 4.92 Å². The van der Waals surface area contributed by atoms with Crippen LogP contribution in [0.2, 0.25) is 0 Å². The number of benzene rings is 1. The number of nitriles is 1. The van der Waals surface area contributed by atoms with Crippen molar-refractivity contribution in [1.82, 2.24) is 0 Å². The molecule has 5 heteroatoms. The molecule has 0 bridgehead atoms. The zero-order valence-electron chi connectivity index (χ0n) is 12.5. The van der Waals surface area contributed by atoms with Crippen LogP contribution in [-0.4, -0.2) is 18.0 Å². The maximum absolute atomic E-state index is 11.2. The number of nitro benzene ring substituents is 1. The van der Waals surface area contributed by atoms with Gasteiger partial charge in [-0.25, -0.2) is 0 Å². The van der Waals surface area contributed by atoms with Crippen LogP contribution in [0.25, 0.3) is 0 Å². The Labute approximate surface area is 120 Å². The Morgan fingerprint density at radius 3 is 2.20 bits per heavy atom. The molecular formula is C15H21N3O2. The number of anilines is 1. The van der Waals surface area contributed by atoms with E-state index in [4.69, 9.17) is 5.26 Å². The molecule has 0 heterocycles. The van der Waals surface area contributed by atoms with Gasteiger partial charge >= 0.3 is 0 Å². The molecule has 1 aromatic rings. The highest BCUT2D eigenvalue weighted by atomic mass is 16.6. The summed E-state index contributed by atoms with van der Waals surface area (Å²) in [4.78, 5) is 12.9. The molecule has 1 rings (SSSR count). The zero-order chi connectivity index (χ0) is 15.3. The molecule has 0 N–H and O–H groups in total. The first-order valence-corrected chi connectivity index (χ1v) is 6.78. The van der Waals surface area contributed by atoms with Crippen molar-refractivity contribution in [3.8, 4) is 6.07 Å². The highest BCUT2D eigenvalue weighted by Gasteiger charge is 2.21. The molecule has 0 aromatic heterocycles. The fraction of sp³-hybridized carbons (Fsp3) is 0.533. The molecule has 0 saturated carbocycles. The lowest BCUT2D eigenvalue weighted by molar-refractivity contribution is -0.384. The fourth-order valence-corrected chi connectivity index (χ4v) is 2.16. The van der Waals surface area contributed by atoms with Crippen LogP contribution >= 0.6 is 0 Å². The van der Waals surface area contributed by atoms with Gasteiger partial charge in [0.15, 0.2) is 0 Å². The third-order valence-corrected chi connectivity index (χ3v) is 2.81. The molecule has 0 aliphatic rings. The van der Waals surface area contributed by atoms with Crippen LogP contribution in [0.3, 0.4) is 0 Å². The van der Waals surface area contributed by atoms with Gasteiger partial charge in [0.2, 0.25) is 0 Å². The average molecular weight is 275 g/mol. The summed E-state index contributed by atoms with van der Waals surface area (Å²) in [6.45, 7) is 9.85. The number of nitro groups is 1. The lowest BCUT2D eigenvalue weighted by Gasteiger charge is -2.28. The molecule has 0 spiro atoms. The molecular weight excluding hydrogens is 254 g/mol. The van der Waals surface area contributed by atoms with E-state index < -0.39 is 4.92 Å². The van der Waals surface area contributed by atoms with E-state index in [2.05, 4.69) is 27.7 Å². The number of rotatable bonds is 6. The molecule has 0 fully saturated rings. The Morgan fingerprint density at radius 2 is 1.80 bits per heavy atom. The maximum Gasteiger partial charge on any atom is 0.293 e. The smallest absolute Gasteiger partial charge is 0.293 e. The summed E-state index contributed by atoms with van der Waals surface area (Å²) in [6.07, 6.45) is 0. The molecule has 0 atom stereocenters. The second kappa shape index (κ2) is 6.90. The van der Waals surface area contributed by atoms with E-state index in [1.54, 1.807) is 12.1 Å².